The van der Waals surface area contributed by atoms with Crippen molar-refractivity contribution in [2.24, 2.45) is 0 Å². The molecule has 2 aliphatic rings. The molecule has 8 nitrogen and oxygen atoms in total. The maximum Gasteiger partial charge on any atom is 0.313 e. The molecule has 0 bridgehead atoms. The molecule has 4 rings (SSSR count). The lowest BCUT2D eigenvalue weighted by Crippen LogP contribution is -2.46. The lowest BCUT2D eigenvalue weighted by Gasteiger charge is -2.34. The first-order valence-corrected chi connectivity index (χ1v) is 9.91. The van der Waals surface area contributed by atoms with Crippen LogP contribution >= 0.6 is 0 Å². The summed E-state index contributed by atoms with van der Waals surface area (Å²) < 4.78 is 5.53. The fourth-order valence-corrected chi connectivity index (χ4v) is 3.79. The molecule has 2 aromatic rings. The summed E-state index contributed by atoms with van der Waals surface area (Å²) in [6.07, 6.45) is 1.61. The topological polar surface area (TPSA) is 108 Å². The van der Waals surface area contributed by atoms with Crippen LogP contribution < -0.4 is 20.3 Å². The average Bonchev–Trinajstić information content (AvgIpc) is 3.18. The number of nitrogens with one attached hydrogen (secondary N) is 2. The third-order valence-corrected chi connectivity index (χ3v) is 5.40. The molecule has 1 unspecified atom stereocenters. The number of carbonyl (C=O) groups is 3. The molecular formula is C22H23N3O5. The number of ether oxygens (including phenoxy) is 1. The second kappa shape index (κ2) is 8.16. The highest BCUT2D eigenvalue weighted by molar-refractivity contribution is 6.39. The Bertz CT molecular complexity index is 992. The van der Waals surface area contributed by atoms with E-state index in [1.165, 1.54) is 0 Å². The van der Waals surface area contributed by atoms with Gasteiger partial charge in [-0.1, -0.05) is 24.3 Å². The number of para-hydroxylation sites is 1. The molecule has 8 heteroatoms. The van der Waals surface area contributed by atoms with E-state index in [9.17, 15) is 19.5 Å². The number of hydrogen-bond acceptors (Lipinski definition) is 5. The predicted molar refractivity (Wildman–Crippen MR) is 110 cm³/mol. The smallest absolute Gasteiger partial charge is 0.313 e. The largest absolute Gasteiger partial charge is 0.493 e. The van der Waals surface area contributed by atoms with Crippen LogP contribution in [0.15, 0.2) is 48.5 Å². The molecule has 0 radical (unpaired) electrons. The van der Waals surface area contributed by atoms with Crippen LogP contribution in [0.3, 0.4) is 0 Å². The van der Waals surface area contributed by atoms with E-state index >= 15 is 0 Å². The first-order chi connectivity index (χ1) is 14.5. The number of amides is 3. The van der Waals surface area contributed by atoms with Crippen molar-refractivity contribution in [2.45, 2.75) is 24.9 Å². The summed E-state index contributed by atoms with van der Waals surface area (Å²) >= 11 is 0. The summed E-state index contributed by atoms with van der Waals surface area (Å²) in [5, 5.41) is 16.0. The zero-order chi connectivity index (χ0) is 21.1. The Morgan fingerprint density at radius 3 is 2.77 bits per heavy atom. The first-order valence-electron chi connectivity index (χ1n) is 9.91. The molecule has 0 saturated carbocycles. The number of nitrogens with zero attached hydrogens (tertiary/aromatic N) is 1. The van der Waals surface area contributed by atoms with Gasteiger partial charge in [0.25, 0.3) is 0 Å². The third kappa shape index (κ3) is 3.99. The normalized spacial score (nSPS) is 20.3. The van der Waals surface area contributed by atoms with Crippen molar-refractivity contribution in [3.8, 4) is 5.75 Å². The molecule has 1 fully saturated rings. The fourth-order valence-electron chi connectivity index (χ4n) is 3.79. The second-order valence-corrected chi connectivity index (χ2v) is 7.46. The van der Waals surface area contributed by atoms with Gasteiger partial charge in [-0.05, 0) is 30.7 Å². The molecule has 3 amide bonds. The van der Waals surface area contributed by atoms with E-state index in [0.717, 1.165) is 6.42 Å². The molecule has 3 N–H and O–H groups in total. The van der Waals surface area contributed by atoms with E-state index in [1.807, 2.05) is 0 Å². The van der Waals surface area contributed by atoms with Crippen molar-refractivity contribution in [1.29, 1.82) is 0 Å². The average molecular weight is 409 g/mol. The van der Waals surface area contributed by atoms with Gasteiger partial charge in [0.05, 0.1) is 13.2 Å². The Morgan fingerprint density at radius 1 is 1.13 bits per heavy atom. The fraction of sp³-hybridized carbons (Fsp3) is 0.318. The Kier molecular flexibility index (Phi) is 5.41. The Hall–Kier alpha value is -3.39. The van der Waals surface area contributed by atoms with Gasteiger partial charge in [0.2, 0.25) is 5.91 Å². The van der Waals surface area contributed by atoms with Gasteiger partial charge in [0.15, 0.2) is 0 Å². The van der Waals surface area contributed by atoms with Crippen molar-refractivity contribution in [2.75, 3.05) is 29.9 Å². The van der Waals surface area contributed by atoms with Gasteiger partial charge in [0, 0.05) is 36.3 Å². The molecule has 0 spiro atoms. The number of carbonyl (C=O) groups excluding carboxylic acids is 3. The lowest BCUT2D eigenvalue weighted by atomic mass is 9.88. The van der Waals surface area contributed by atoms with Crippen molar-refractivity contribution >= 4 is 29.1 Å². The minimum atomic E-state index is -1.30. The number of aliphatic hydroxyl groups is 1. The molecule has 2 aromatic carbocycles. The van der Waals surface area contributed by atoms with Gasteiger partial charge in [-0.3, -0.25) is 14.4 Å². The lowest BCUT2D eigenvalue weighted by molar-refractivity contribution is -0.137. The van der Waals surface area contributed by atoms with Crippen molar-refractivity contribution in [1.82, 2.24) is 5.32 Å². The van der Waals surface area contributed by atoms with Crippen LogP contribution in [-0.2, 0) is 20.0 Å². The maximum absolute atomic E-state index is 12.3. The number of fused-ring (bicyclic) bond motifs is 1. The van der Waals surface area contributed by atoms with Crippen molar-refractivity contribution < 1.29 is 24.2 Å². The molecule has 0 aromatic heterocycles. The minimum absolute atomic E-state index is 0.0428. The van der Waals surface area contributed by atoms with Gasteiger partial charge in [-0.2, -0.15) is 0 Å². The van der Waals surface area contributed by atoms with Crippen LogP contribution in [0.4, 0.5) is 11.4 Å². The molecule has 2 heterocycles. The van der Waals surface area contributed by atoms with Crippen LogP contribution in [0.1, 0.15) is 24.8 Å². The Balaban J connectivity index is 1.38. The van der Waals surface area contributed by atoms with Gasteiger partial charge < -0.3 is 25.4 Å². The SMILES string of the molecule is O=C(NCC1(O)CCOc2ccccc21)C(=O)Nc1cccc(N2CCCC2=O)c1. The molecule has 30 heavy (non-hydrogen) atoms. The van der Waals surface area contributed by atoms with E-state index in [-0.39, 0.29) is 12.5 Å². The highest BCUT2D eigenvalue weighted by atomic mass is 16.5. The van der Waals surface area contributed by atoms with Crippen LogP contribution in [0.25, 0.3) is 0 Å². The molecule has 1 saturated heterocycles. The molecule has 0 aliphatic carbocycles. The highest BCUT2D eigenvalue weighted by Crippen LogP contribution is 2.36. The van der Waals surface area contributed by atoms with Crippen LogP contribution in [-0.4, -0.2) is 42.5 Å². The monoisotopic (exact) mass is 409 g/mol. The summed E-state index contributed by atoms with van der Waals surface area (Å²) in [7, 11) is 0. The standard InChI is InChI=1S/C22H23N3O5/c26-19-9-4-11-25(19)16-6-3-5-15(13-16)24-21(28)20(27)23-14-22(29)10-12-30-18-8-2-1-7-17(18)22/h1-3,5-8,13,29H,4,9-12,14H2,(H,23,27)(H,24,28). The van der Waals surface area contributed by atoms with Crippen LogP contribution in [0.2, 0.25) is 0 Å². The highest BCUT2D eigenvalue weighted by Gasteiger charge is 2.36. The Labute approximate surface area is 173 Å². The summed E-state index contributed by atoms with van der Waals surface area (Å²) in [6, 6.07) is 13.9. The third-order valence-electron chi connectivity index (χ3n) is 5.40. The predicted octanol–water partition coefficient (Wildman–Crippen LogP) is 1.54. The quantitative estimate of drug-likeness (QED) is 0.664. The van der Waals surface area contributed by atoms with Crippen molar-refractivity contribution in [3.63, 3.8) is 0 Å². The van der Waals surface area contributed by atoms with Crippen LogP contribution in [0, 0.1) is 0 Å². The van der Waals surface area contributed by atoms with Gasteiger partial charge in [-0.25, -0.2) is 0 Å². The zero-order valence-corrected chi connectivity index (χ0v) is 16.4. The first kappa shape index (κ1) is 19.9. The summed E-state index contributed by atoms with van der Waals surface area (Å²) in [5.74, 6) is -1.08. The zero-order valence-electron chi connectivity index (χ0n) is 16.4. The molecule has 1 atom stereocenters. The van der Waals surface area contributed by atoms with Gasteiger partial charge in [0.1, 0.15) is 11.4 Å². The number of benzene rings is 2. The Morgan fingerprint density at radius 2 is 1.97 bits per heavy atom. The second-order valence-electron chi connectivity index (χ2n) is 7.46. The molecule has 156 valence electrons. The number of rotatable bonds is 4. The summed E-state index contributed by atoms with van der Waals surface area (Å²) in [6.45, 7) is 0.847. The van der Waals surface area contributed by atoms with Gasteiger partial charge in [-0.15, -0.1) is 0 Å². The van der Waals surface area contributed by atoms with Crippen molar-refractivity contribution in [3.05, 3.63) is 54.1 Å². The van der Waals surface area contributed by atoms with E-state index in [1.54, 1.807) is 53.4 Å². The summed E-state index contributed by atoms with van der Waals surface area (Å²) in [5.41, 5.74) is 0.382. The van der Waals surface area contributed by atoms with Gasteiger partial charge >= 0.3 is 11.8 Å². The van der Waals surface area contributed by atoms with E-state index in [2.05, 4.69) is 10.6 Å². The number of anilines is 2. The van der Waals surface area contributed by atoms with E-state index in [0.29, 0.717) is 48.7 Å². The molecular weight excluding hydrogens is 386 g/mol. The van der Waals surface area contributed by atoms with Crippen LogP contribution in [0.5, 0.6) is 5.75 Å². The number of hydrogen-bond donors (Lipinski definition) is 3. The van der Waals surface area contributed by atoms with E-state index in [4.69, 9.17) is 4.74 Å². The molecule has 2 aliphatic heterocycles. The maximum atomic E-state index is 12.3. The summed E-state index contributed by atoms with van der Waals surface area (Å²) in [4.78, 5) is 38.2. The van der Waals surface area contributed by atoms with E-state index < -0.39 is 17.4 Å². The minimum Gasteiger partial charge on any atom is -0.493 e.